The van der Waals surface area contributed by atoms with Crippen molar-refractivity contribution in [1.82, 2.24) is 4.90 Å². The lowest BCUT2D eigenvalue weighted by Crippen LogP contribution is -2.25. The van der Waals surface area contributed by atoms with Crippen LogP contribution >= 0.6 is 0 Å². The van der Waals surface area contributed by atoms with Crippen molar-refractivity contribution >= 4 is 11.9 Å². The Morgan fingerprint density at radius 3 is 2.67 bits per heavy atom. The van der Waals surface area contributed by atoms with E-state index in [0.29, 0.717) is 24.7 Å². The van der Waals surface area contributed by atoms with Gasteiger partial charge in [0, 0.05) is 19.5 Å². The number of methoxy groups -OCH3 is 1. The Morgan fingerprint density at radius 1 is 1.19 bits per heavy atom. The zero-order valence-corrected chi connectivity index (χ0v) is 15.5. The summed E-state index contributed by atoms with van der Waals surface area (Å²) in [7, 11) is 1.57. The van der Waals surface area contributed by atoms with Gasteiger partial charge in [-0.15, -0.1) is 0 Å². The second-order valence-corrected chi connectivity index (χ2v) is 6.78. The topological polar surface area (TPSA) is 76.1 Å². The van der Waals surface area contributed by atoms with Crippen LogP contribution in [0.15, 0.2) is 42.5 Å². The van der Waals surface area contributed by atoms with E-state index < -0.39 is 11.9 Å². The summed E-state index contributed by atoms with van der Waals surface area (Å²) in [5.41, 5.74) is 3.12. The molecule has 6 nitrogen and oxygen atoms in total. The van der Waals surface area contributed by atoms with Crippen molar-refractivity contribution in [2.45, 2.75) is 26.5 Å². The first-order valence-electron chi connectivity index (χ1n) is 8.82. The standard InChI is InChI=1S/C21H23NO5/c1-14-4-3-5-16(8-14)13-27-18-7-6-15(9-19(18)26-2)11-22-12-17(21(24)25)10-20(22)23/h3-9,17H,10-13H2,1-2H3,(H,24,25). The molecule has 0 aromatic heterocycles. The molecule has 1 aliphatic rings. The maximum Gasteiger partial charge on any atom is 0.308 e. The normalized spacial score (nSPS) is 16.4. The molecule has 0 bridgehead atoms. The van der Waals surface area contributed by atoms with E-state index in [-0.39, 0.29) is 18.9 Å². The molecule has 2 aromatic carbocycles. The van der Waals surface area contributed by atoms with Crippen molar-refractivity contribution in [3.05, 3.63) is 59.2 Å². The third-order valence-electron chi connectivity index (χ3n) is 4.64. The highest BCUT2D eigenvalue weighted by Gasteiger charge is 2.34. The fourth-order valence-corrected chi connectivity index (χ4v) is 3.20. The Bertz CT molecular complexity index is 848. The largest absolute Gasteiger partial charge is 0.493 e. The molecule has 0 aliphatic carbocycles. The van der Waals surface area contributed by atoms with E-state index in [1.165, 1.54) is 5.56 Å². The van der Waals surface area contributed by atoms with Crippen molar-refractivity contribution in [3.8, 4) is 11.5 Å². The molecule has 6 heteroatoms. The quantitative estimate of drug-likeness (QED) is 0.812. The van der Waals surface area contributed by atoms with Gasteiger partial charge in [0.1, 0.15) is 6.61 Å². The summed E-state index contributed by atoms with van der Waals surface area (Å²) in [5.74, 6) is -0.485. The summed E-state index contributed by atoms with van der Waals surface area (Å²) < 4.78 is 11.3. The van der Waals surface area contributed by atoms with Gasteiger partial charge in [0.05, 0.1) is 13.0 Å². The van der Waals surface area contributed by atoms with Crippen molar-refractivity contribution < 1.29 is 24.2 Å². The molecule has 0 saturated carbocycles. The van der Waals surface area contributed by atoms with Gasteiger partial charge in [0.25, 0.3) is 0 Å². The van der Waals surface area contributed by atoms with E-state index in [0.717, 1.165) is 11.1 Å². The molecule has 1 unspecified atom stereocenters. The number of hydrogen-bond acceptors (Lipinski definition) is 4. The summed E-state index contributed by atoms with van der Waals surface area (Å²) in [6.07, 6.45) is 0.0597. The number of hydrogen-bond donors (Lipinski definition) is 1. The SMILES string of the molecule is COc1cc(CN2CC(C(=O)O)CC2=O)ccc1OCc1cccc(C)c1. The van der Waals surface area contributed by atoms with Crippen molar-refractivity contribution in [2.75, 3.05) is 13.7 Å². The molecule has 1 amide bonds. The van der Waals surface area contributed by atoms with Gasteiger partial charge in [0.2, 0.25) is 5.91 Å². The molecule has 1 atom stereocenters. The van der Waals surface area contributed by atoms with Crippen LogP contribution in [0.25, 0.3) is 0 Å². The summed E-state index contributed by atoms with van der Waals surface area (Å²) in [6.45, 7) is 3.06. The number of amides is 1. The van der Waals surface area contributed by atoms with Gasteiger partial charge in [-0.3, -0.25) is 9.59 Å². The Kier molecular flexibility index (Phi) is 5.64. The zero-order chi connectivity index (χ0) is 19.4. The number of aryl methyl sites for hydroxylation is 1. The lowest BCUT2D eigenvalue weighted by Gasteiger charge is -2.18. The smallest absolute Gasteiger partial charge is 0.308 e. The van der Waals surface area contributed by atoms with Crippen molar-refractivity contribution in [3.63, 3.8) is 0 Å². The predicted molar refractivity (Wildman–Crippen MR) is 99.7 cm³/mol. The monoisotopic (exact) mass is 369 g/mol. The third kappa shape index (κ3) is 4.58. The van der Waals surface area contributed by atoms with Crippen molar-refractivity contribution in [2.24, 2.45) is 5.92 Å². The minimum atomic E-state index is -0.927. The van der Waals surface area contributed by atoms with Gasteiger partial charge < -0.3 is 19.5 Å². The molecule has 0 radical (unpaired) electrons. The molecule has 1 N–H and O–H groups in total. The molecular formula is C21H23NO5. The van der Waals surface area contributed by atoms with Crippen LogP contribution in [-0.4, -0.2) is 35.5 Å². The molecule has 1 fully saturated rings. The van der Waals surface area contributed by atoms with E-state index >= 15 is 0 Å². The fraction of sp³-hybridized carbons (Fsp3) is 0.333. The van der Waals surface area contributed by atoms with E-state index in [9.17, 15) is 9.59 Å². The van der Waals surface area contributed by atoms with Crippen LogP contribution in [0.3, 0.4) is 0 Å². The molecule has 27 heavy (non-hydrogen) atoms. The lowest BCUT2D eigenvalue weighted by atomic mass is 10.1. The van der Waals surface area contributed by atoms with E-state index in [4.69, 9.17) is 14.6 Å². The molecule has 1 saturated heterocycles. The highest BCUT2D eigenvalue weighted by Crippen LogP contribution is 2.30. The second-order valence-electron chi connectivity index (χ2n) is 6.78. The average Bonchev–Trinajstić information content (AvgIpc) is 3.01. The Hall–Kier alpha value is -3.02. The molecule has 1 heterocycles. The molecule has 0 spiro atoms. The number of carbonyl (C=O) groups is 2. The van der Waals surface area contributed by atoms with Crippen LogP contribution < -0.4 is 9.47 Å². The van der Waals surface area contributed by atoms with Crippen LogP contribution in [0.4, 0.5) is 0 Å². The van der Waals surface area contributed by atoms with Crippen LogP contribution in [-0.2, 0) is 22.7 Å². The number of ether oxygens (including phenoxy) is 2. The van der Waals surface area contributed by atoms with Gasteiger partial charge >= 0.3 is 5.97 Å². The minimum absolute atomic E-state index is 0.0597. The Labute approximate surface area is 158 Å². The molecule has 142 valence electrons. The van der Waals surface area contributed by atoms with Gasteiger partial charge in [-0.2, -0.15) is 0 Å². The first kappa shape index (κ1) is 18.8. The summed E-state index contributed by atoms with van der Waals surface area (Å²) in [6, 6.07) is 13.6. The summed E-state index contributed by atoms with van der Waals surface area (Å²) in [5, 5.41) is 9.09. The van der Waals surface area contributed by atoms with Crippen LogP contribution in [0.1, 0.15) is 23.1 Å². The number of likely N-dealkylation sites (tertiary alicyclic amines) is 1. The molecule has 1 aliphatic heterocycles. The van der Waals surface area contributed by atoms with E-state index in [1.54, 1.807) is 12.0 Å². The van der Waals surface area contributed by atoms with Gasteiger partial charge in [0.15, 0.2) is 11.5 Å². The number of carbonyl (C=O) groups excluding carboxylic acids is 1. The highest BCUT2D eigenvalue weighted by molar-refractivity contribution is 5.86. The molecule has 2 aromatic rings. The fourth-order valence-electron chi connectivity index (χ4n) is 3.20. The zero-order valence-electron chi connectivity index (χ0n) is 15.5. The van der Waals surface area contributed by atoms with Gasteiger partial charge in [-0.05, 0) is 30.2 Å². The van der Waals surface area contributed by atoms with Crippen LogP contribution in [0.5, 0.6) is 11.5 Å². The van der Waals surface area contributed by atoms with Crippen LogP contribution in [0, 0.1) is 12.8 Å². The average molecular weight is 369 g/mol. The number of nitrogens with zero attached hydrogens (tertiary/aromatic N) is 1. The Balaban J connectivity index is 1.67. The third-order valence-corrected chi connectivity index (χ3v) is 4.64. The predicted octanol–water partition coefficient (Wildman–Crippen LogP) is 3.02. The first-order valence-corrected chi connectivity index (χ1v) is 8.82. The van der Waals surface area contributed by atoms with E-state index in [2.05, 4.69) is 6.07 Å². The number of aliphatic carboxylic acids is 1. The second kappa shape index (κ2) is 8.12. The highest BCUT2D eigenvalue weighted by atomic mass is 16.5. The van der Waals surface area contributed by atoms with Gasteiger partial charge in [-0.25, -0.2) is 0 Å². The molecular weight excluding hydrogens is 346 g/mol. The Morgan fingerprint density at radius 2 is 2.00 bits per heavy atom. The number of carboxylic acids is 1. The number of rotatable bonds is 7. The number of benzene rings is 2. The van der Waals surface area contributed by atoms with Crippen LogP contribution in [0.2, 0.25) is 0 Å². The summed E-state index contributed by atoms with van der Waals surface area (Å²) >= 11 is 0. The minimum Gasteiger partial charge on any atom is -0.493 e. The van der Waals surface area contributed by atoms with E-state index in [1.807, 2.05) is 43.3 Å². The van der Waals surface area contributed by atoms with Crippen molar-refractivity contribution in [1.29, 1.82) is 0 Å². The molecule has 3 rings (SSSR count). The summed E-state index contributed by atoms with van der Waals surface area (Å²) in [4.78, 5) is 24.7. The van der Waals surface area contributed by atoms with Gasteiger partial charge in [-0.1, -0.05) is 35.9 Å². The lowest BCUT2D eigenvalue weighted by molar-refractivity contribution is -0.141. The maximum absolute atomic E-state index is 12.0. The maximum atomic E-state index is 12.0. The first-order chi connectivity index (χ1) is 13.0. The number of carboxylic acid groups (broad SMARTS) is 1.